The molecule has 0 saturated heterocycles. The van der Waals surface area contributed by atoms with Crippen LogP contribution < -0.4 is 0 Å². The SMILES string of the molecule is CC1(C)c2ccccc2-c2cc3c(ccc4ccc(-c5nc(-c6ccccc6)nc(-c6cccc7oc8ccccc8c67)n5)cc43)cc21. The second kappa shape index (κ2) is 9.93. The fourth-order valence-corrected chi connectivity index (χ4v) is 7.69. The van der Waals surface area contributed by atoms with Crippen molar-refractivity contribution in [1.82, 2.24) is 15.0 Å². The van der Waals surface area contributed by atoms with Crippen LogP contribution in [-0.2, 0) is 5.41 Å². The van der Waals surface area contributed by atoms with Crippen molar-refractivity contribution in [3.05, 3.63) is 151 Å². The van der Waals surface area contributed by atoms with Crippen LogP contribution in [0.15, 0.2) is 144 Å². The Balaban J connectivity index is 1.21. The van der Waals surface area contributed by atoms with Gasteiger partial charge in [-0.3, -0.25) is 0 Å². The molecular formula is C44H29N3O. The van der Waals surface area contributed by atoms with E-state index >= 15 is 0 Å². The van der Waals surface area contributed by atoms with Gasteiger partial charge < -0.3 is 4.42 Å². The van der Waals surface area contributed by atoms with E-state index in [1.165, 1.54) is 43.8 Å². The monoisotopic (exact) mass is 615 g/mol. The van der Waals surface area contributed by atoms with Gasteiger partial charge in [0.1, 0.15) is 11.2 Å². The molecule has 48 heavy (non-hydrogen) atoms. The Morgan fingerprint density at radius 1 is 0.438 bits per heavy atom. The molecule has 0 radical (unpaired) electrons. The largest absolute Gasteiger partial charge is 0.456 e. The third-order valence-corrected chi connectivity index (χ3v) is 10.1. The number of para-hydroxylation sites is 1. The molecule has 4 nitrogen and oxygen atoms in total. The lowest BCUT2D eigenvalue weighted by atomic mass is 9.81. The lowest BCUT2D eigenvalue weighted by molar-refractivity contribution is 0.661. The third kappa shape index (κ3) is 3.93. The van der Waals surface area contributed by atoms with E-state index in [9.17, 15) is 0 Å². The van der Waals surface area contributed by atoms with E-state index in [0.29, 0.717) is 17.5 Å². The summed E-state index contributed by atoms with van der Waals surface area (Å²) < 4.78 is 6.23. The summed E-state index contributed by atoms with van der Waals surface area (Å²) in [5, 5.41) is 6.88. The molecule has 0 saturated carbocycles. The Hall–Kier alpha value is -6.13. The van der Waals surface area contributed by atoms with Crippen LogP contribution in [0.4, 0.5) is 0 Å². The average Bonchev–Trinajstić information content (AvgIpc) is 3.63. The normalized spacial score (nSPS) is 13.4. The molecule has 1 aliphatic carbocycles. The number of nitrogens with zero attached hydrogens (tertiary/aromatic N) is 3. The van der Waals surface area contributed by atoms with E-state index in [0.717, 1.165) is 38.6 Å². The Labute approximate surface area is 277 Å². The van der Waals surface area contributed by atoms with Crippen LogP contribution in [0.5, 0.6) is 0 Å². The molecule has 1 aliphatic rings. The van der Waals surface area contributed by atoms with Gasteiger partial charge in [0.2, 0.25) is 0 Å². The number of aromatic nitrogens is 3. The van der Waals surface area contributed by atoms with Crippen LogP contribution in [0.25, 0.3) is 88.8 Å². The van der Waals surface area contributed by atoms with Crippen LogP contribution in [0.1, 0.15) is 25.0 Å². The van der Waals surface area contributed by atoms with Gasteiger partial charge in [-0.05, 0) is 74.1 Å². The Morgan fingerprint density at radius 2 is 1.10 bits per heavy atom. The van der Waals surface area contributed by atoms with Crippen molar-refractivity contribution in [3.63, 3.8) is 0 Å². The minimum Gasteiger partial charge on any atom is -0.456 e. The summed E-state index contributed by atoms with van der Waals surface area (Å²) in [6.45, 7) is 4.66. The van der Waals surface area contributed by atoms with Gasteiger partial charge >= 0.3 is 0 Å². The summed E-state index contributed by atoms with van der Waals surface area (Å²) in [7, 11) is 0. The van der Waals surface area contributed by atoms with Gasteiger partial charge in [-0.1, -0.05) is 123 Å². The van der Waals surface area contributed by atoms with Crippen molar-refractivity contribution in [1.29, 1.82) is 0 Å². The van der Waals surface area contributed by atoms with Gasteiger partial charge in [0.25, 0.3) is 0 Å². The van der Waals surface area contributed by atoms with Crippen LogP contribution in [0.3, 0.4) is 0 Å². The highest BCUT2D eigenvalue weighted by molar-refractivity contribution is 6.12. The van der Waals surface area contributed by atoms with E-state index < -0.39 is 0 Å². The molecule has 2 aromatic heterocycles. The van der Waals surface area contributed by atoms with Gasteiger partial charge in [-0.25, -0.2) is 15.0 Å². The second-order valence-electron chi connectivity index (χ2n) is 13.2. The standard InChI is InChI=1S/C44H29N3O/c1-44(2)36-16-8-6-13-30(36)35-25-34-28(24-37(35)44)21-19-26-20-22-29(23-33(26)34)42-45-41(27-11-4-3-5-12-27)46-43(47-42)32-15-10-18-39-40(32)31-14-7-9-17-38(31)48-39/h3-25H,1-2H3. The van der Waals surface area contributed by atoms with E-state index in [1.807, 2.05) is 60.7 Å². The predicted octanol–water partition coefficient (Wildman–Crippen LogP) is 11.4. The number of furan rings is 1. The molecule has 0 N–H and O–H groups in total. The van der Waals surface area contributed by atoms with E-state index in [2.05, 4.69) is 92.7 Å². The zero-order valence-corrected chi connectivity index (χ0v) is 26.5. The number of fused-ring (bicyclic) bond motifs is 9. The molecule has 0 fully saturated rings. The molecule has 7 aromatic carbocycles. The molecule has 0 bridgehead atoms. The van der Waals surface area contributed by atoms with Crippen LogP contribution >= 0.6 is 0 Å². The van der Waals surface area contributed by atoms with Crippen LogP contribution in [0.2, 0.25) is 0 Å². The van der Waals surface area contributed by atoms with Gasteiger partial charge in [0.15, 0.2) is 17.5 Å². The molecular weight excluding hydrogens is 587 g/mol. The van der Waals surface area contributed by atoms with Crippen molar-refractivity contribution in [3.8, 4) is 45.3 Å². The Morgan fingerprint density at radius 3 is 2.00 bits per heavy atom. The molecule has 0 atom stereocenters. The minimum absolute atomic E-state index is 0.0464. The van der Waals surface area contributed by atoms with E-state index in [1.54, 1.807) is 0 Å². The van der Waals surface area contributed by atoms with Gasteiger partial charge in [0, 0.05) is 32.9 Å². The number of benzene rings is 7. The molecule has 0 amide bonds. The summed E-state index contributed by atoms with van der Waals surface area (Å²) in [5.41, 5.74) is 9.81. The molecule has 0 spiro atoms. The minimum atomic E-state index is -0.0464. The number of hydrogen-bond acceptors (Lipinski definition) is 4. The zero-order chi connectivity index (χ0) is 32.0. The van der Waals surface area contributed by atoms with Crippen molar-refractivity contribution < 1.29 is 4.42 Å². The highest BCUT2D eigenvalue weighted by Gasteiger charge is 2.35. The van der Waals surface area contributed by atoms with Gasteiger partial charge in [-0.2, -0.15) is 0 Å². The molecule has 226 valence electrons. The first-order valence-corrected chi connectivity index (χ1v) is 16.4. The summed E-state index contributed by atoms with van der Waals surface area (Å²) in [6.07, 6.45) is 0. The average molecular weight is 616 g/mol. The van der Waals surface area contributed by atoms with E-state index in [4.69, 9.17) is 19.4 Å². The maximum absolute atomic E-state index is 6.23. The van der Waals surface area contributed by atoms with Crippen LogP contribution in [-0.4, -0.2) is 15.0 Å². The summed E-state index contributed by atoms with van der Waals surface area (Å²) >= 11 is 0. The first kappa shape index (κ1) is 27.0. The lowest BCUT2D eigenvalue weighted by Gasteiger charge is -2.21. The third-order valence-electron chi connectivity index (χ3n) is 10.1. The first-order valence-electron chi connectivity index (χ1n) is 16.4. The molecule has 0 aliphatic heterocycles. The number of hydrogen-bond donors (Lipinski definition) is 0. The maximum atomic E-state index is 6.23. The second-order valence-corrected chi connectivity index (χ2v) is 13.2. The summed E-state index contributed by atoms with van der Waals surface area (Å²) in [4.78, 5) is 15.3. The van der Waals surface area contributed by atoms with Gasteiger partial charge in [-0.15, -0.1) is 0 Å². The van der Waals surface area contributed by atoms with E-state index in [-0.39, 0.29) is 5.41 Å². The molecule has 9 aromatic rings. The highest BCUT2D eigenvalue weighted by atomic mass is 16.3. The lowest BCUT2D eigenvalue weighted by Crippen LogP contribution is -2.14. The van der Waals surface area contributed by atoms with Crippen molar-refractivity contribution in [2.24, 2.45) is 0 Å². The summed E-state index contributed by atoms with van der Waals surface area (Å²) in [5.74, 6) is 1.89. The van der Waals surface area contributed by atoms with Crippen molar-refractivity contribution >= 4 is 43.5 Å². The topological polar surface area (TPSA) is 51.8 Å². The zero-order valence-electron chi connectivity index (χ0n) is 26.5. The van der Waals surface area contributed by atoms with Gasteiger partial charge in [0.05, 0.1) is 0 Å². The Kier molecular flexibility index (Phi) is 5.59. The van der Waals surface area contributed by atoms with Crippen molar-refractivity contribution in [2.45, 2.75) is 19.3 Å². The first-order chi connectivity index (χ1) is 23.5. The fourth-order valence-electron chi connectivity index (χ4n) is 7.69. The molecule has 0 unspecified atom stereocenters. The maximum Gasteiger partial charge on any atom is 0.164 e. The highest BCUT2D eigenvalue weighted by Crippen LogP contribution is 2.50. The number of rotatable bonds is 3. The fraction of sp³-hybridized carbons (Fsp3) is 0.0682. The molecule has 10 rings (SSSR count). The smallest absolute Gasteiger partial charge is 0.164 e. The summed E-state index contributed by atoms with van der Waals surface area (Å²) in [6, 6.07) is 49.0. The Bertz CT molecular complexity index is 2760. The van der Waals surface area contributed by atoms with Crippen molar-refractivity contribution in [2.75, 3.05) is 0 Å². The molecule has 2 heterocycles. The molecule has 4 heteroatoms. The predicted molar refractivity (Wildman–Crippen MR) is 196 cm³/mol. The van der Waals surface area contributed by atoms with Crippen LogP contribution in [0, 0.1) is 0 Å². The quantitative estimate of drug-likeness (QED) is 0.186.